The fraction of sp³-hybridized carbons (Fsp3) is 0.500. The lowest BCUT2D eigenvalue weighted by atomic mass is 10.1. The van der Waals surface area contributed by atoms with E-state index in [1.807, 2.05) is 6.92 Å². The van der Waals surface area contributed by atoms with E-state index < -0.39 is 31.1 Å². The van der Waals surface area contributed by atoms with E-state index in [2.05, 4.69) is 15.0 Å². The maximum Gasteiger partial charge on any atom is 0.287 e. The van der Waals surface area contributed by atoms with E-state index in [1.165, 1.54) is 15.3 Å². The molecule has 1 aliphatic rings. The molecule has 1 saturated heterocycles. The predicted octanol–water partition coefficient (Wildman–Crippen LogP) is -1.45. The van der Waals surface area contributed by atoms with Crippen molar-refractivity contribution >= 4 is 16.9 Å². The van der Waals surface area contributed by atoms with E-state index in [-0.39, 0.29) is 16.7 Å². The van der Waals surface area contributed by atoms with Crippen molar-refractivity contribution in [3.63, 3.8) is 0 Å². The van der Waals surface area contributed by atoms with Crippen LogP contribution in [0.25, 0.3) is 16.9 Å². The SMILES string of the molecule is CCc1cn2c(=O)c3ncn([C@@H]4O[C@H](CO)C(O)C4O)c3nc2[nH]1. The van der Waals surface area contributed by atoms with Gasteiger partial charge < -0.3 is 25.0 Å². The van der Waals surface area contributed by atoms with Crippen LogP contribution in [-0.2, 0) is 11.2 Å². The lowest BCUT2D eigenvalue weighted by Gasteiger charge is -2.16. The fourth-order valence-electron chi connectivity index (χ4n) is 3.00. The highest BCUT2D eigenvalue weighted by Gasteiger charge is 2.44. The van der Waals surface area contributed by atoms with E-state index >= 15 is 0 Å². The summed E-state index contributed by atoms with van der Waals surface area (Å²) < 4.78 is 8.26. The number of rotatable bonds is 3. The molecular weight excluding hydrogens is 318 g/mol. The molecule has 1 aliphatic heterocycles. The van der Waals surface area contributed by atoms with Gasteiger partial charge in [0.1, 0.15) is 18.3 Å². The average molecular weight is 335 g/mol. The van der Waals surface area contributed by atoms with Gasteiger partial charge in [0.2, 0.25) is 5.78 Å². The number of aromatic amines is 1. The van der Waals surface area contributed by atoms with Crippen molar-refractivity contribution in [1.82, 2.24) is 23.9 Å². The Kier molecular flexibility index (Phi) is 3.42. The number of ether oxygens (including phenoxy) is 1. The van der Waals surface area contributed by atoms with E-state index in [9.17, 15) is 20.1 Å². The number of hydrogen-bond acceptors (Lipinski definition) is 7. The molecule has 3 aromatic heterocycles. The third kappa shape index (κ3) is 2.01. The van der Waals surface area contributed by atoms with Crippen LogP contribution in [0, 0.1) is 0 Å². The van der Waals surface area contributed by atoms with Crippen LogP contribution >= 0.6 is 0 Å². The van der Waals surface area contributed by atoms with Crippen LogP contribution in [0.15, 0.2) is 17.3 Å². The quantitative estimate of drug-likeness (QED) is 0.459. The molecule has 0 amide bonds. The Morgan fingerprint density at radius 2 is 2.17 bits per heavy atom. The van der Waals surface area contributed by atoms with E-state index in [1.54, 1.807) is 6.20 Å². The van der Waals surface area contributed by atoms with Gasteiger partial charge in [-0.1, -0.05) is 6.92 Å². The Bertz CT molecular complexity index is 960. The highest BCUT2D eigenvalue weighted by atomic mass is 16.6. The van der Waals surface area contributed by atoms with Crippen molar-refractivity contribution in [2.24, 2.45) is 0 Å². The number of aliphatic hydroxyl groups is 3. The van der Waals surface area contributed by atoms with Gasteiger partial charge in [-0.3, -0.25) is 9.36 Å². The maximum atomic E-state index is 12.5. The molecule has 3 aromatic rings. The molecule has 0 radical (unpaired) electrons. The number of nitrogens with zero attached hydrogens (tertiary/aromatic N) is 4. The zero-order chi connectivity index (χ0) is 17.0. The highest BCUT2D eigenvalue weighted by Crippen LogP contribution is 2.30. The summed E-state index contributed by atoms with van der Waals surface area (Å²) in [5, 5.41) is 29.3. The Labute approximate surface area is 135 Å². The van der Waals surface area contributed by atoms with Crippen molar-refractivity contribution < 1.29 is 20.1 Å². The number of nitrogens with one attached hydrogen (secondary N) is 1. The van der Waals surface area contributed by atoms with Gasteiger partial charge in [0.05, 0.1) is 12.9 Å². The van der Waals surface area contributed by atoms with Gasteiger partial charge in [-0.05, 0) is 6.42 Å². The number of aromatic nitrogens is 5. The molecule has 2 unspecified atom stereocenters. The minimum absolute atomic E-state index is 0.131. The second kappa shape index (κ2) is 5.38. The number of H-pyrrole nitrogens is 1. The summed E-state index contributed by atoms with van der Waals surface area (Å²) >= 11 is 0. The minimum Gasteiger partial charge on any atom is -0.394 e. The first-order valence-corrected chi connectivity index (χ1v) is 7.64. The first-order valence-electron chi connectivity index (χ1n) is 7.64. The molecule has 4 atom stereocenters. The highest BCUT2D eigenvalue weighted by molar-refractivity contribution is 5.71. The normalized spacial score (nSPS) is 27.5. The lowest BCUT2D eigenvalue weighted by molar-refractivity contribution is -0.0511. The predicted molar refractivity (Wildman–Crippen MR) is 81.5 cm³/mol. The van der Waals surface area contributed by atoms with Gasteiger partial charge >= 0.3 is 0 Å². The number of fused-ring (bicyclic) bond motifs is 2. The van der Waals surface area contributed by atoms with E-state index in [0.717, 1.165) is 12.1 Å². The van der Waals surface area contributed by atoms with Crippen LogP contribution in [0.2, 0.25) is 0 Å². The minimum atomic E-state index is -1.27. The van der Waals surface area contributed by atoms with Crippen molar-refractivity contribution in [2.75, 3.05) is 6.61 Å². The van der Waals surface area contributed by atoms with Crippen LogP contribution < -0.4 is 5.56 Å². The molecule has 0 spiro atoms. The van der Waals surface area contributed by atoms with Crippen LogP contribution in [-0.4, -0.2) is 64.2 Å². The van der Waals surface area contributed by atoms with Gasteiger partial charge in [0.15, 0.2) is 17.4 Å². The molecular formula is C14H17N5O5. The molecule has 0 bridgehead atoms. The van der Waals surface area contributed by atoms with Crippen LogP contribution in [0.5, 0.6) is 0 Å². The van der Waals surface area contributed by atoms with Crippen LogP contribution in [0.1, 0.15) is 18.8 Å². The first-order chi connectivity index (χ1) is 11.5. The molecule has 0 saturated carbocycles. The number of aliphatic hydroxyl groups excluding tert-OH is 3. The van der Waals surface area contributed by atoms with Crippen LogP contribution in [0.3, 0.4) is 0 Å². The van der Waals surface area contributed by atoms with E-state index in [0.29, 0.717) is 5.78 Å². The second-order valence-electron chi connectivity index (χ2n) is 5.80. The number of hydrogen-bond donors (Lipinski definition) is 4. The van der Waals surface area contributed by atoms with Gasteiger partial charge in [0.25, 0.3) is 5.56 Å². The molecule has 128 valence electrons. The van der Waals surface area contributed by atoms with Crippen molar-refractivity contribution in [1.29, 1.82) is 0 Å². The van der Waals surface area contributed by atoms with Crippen molar-refractivity contribution in [3.8, 4) is 0 Å². The van der Waals surface area contributed by atoms with Gasteiger partial charge in [-0.15, -0.1) is 0 Å². The number of imidazole rings is 2. The lowest BCUT2D eigenvalue weighted by Crippen LogP contribution is -2.33. The molecule has 4 N–H and O–H groups in total. The fourth-order valence-corrected chi connectivity index (χ4v) is 3.00. The van der Waals surface area contributed by atoms with Gasteiger partial charge in [-0.25, -0.2) is 9.38 Å². The Balaban J connectivity index is 1.88. The maximum absolute atomic E-state index is 12.5. The summed E-state index contributed by atoms with van der Waals surface area (Å²) in [6, 6.07) is 0. The summed E-state index contributed by atoms with van der Waals surface area (Å²) in [6.45, 7) is 1.52. The molecule has 10 heteroatoms. The summed E-state index contributed by atoms with van der Waals surface area (Å²) in [5.41, 5.74) is 0.884. The van der Waals surface area contributed by atoms with Crippen LogP contribution in [0.4, 0.5) is 0 Å². The molecule has 4 heterocycles. The topological polar surface area (TPSA) is 138 Å². The largest absolute Gasteiger partial charge is 0.394 e. The zero-order valence-electron chi connectivity index (χ0n) is 12.8. The summed E-state index contributed by atoms with van der Waals surface area (Å²) in [7, 11) is 0. The Hall–Kier alpha value is -2.27. The smallest absolute Gasteiger partial charge is 0.287 e. The Morgan fingerprint density at radius 1 is 1.38 bits per heavy atom. The molecule has 0 aliphatic carbocycles. The van der Waals surface area contributed by atoms with Crippen molar-refractivity contribution in [3.05, 3.63) is 28.6 Å². The number of aryl methyl sites for hydroxylation is 1. The molecule has 1 fully saturated rings. The Morgan fingerprint density at radius 3 is 2.83 bits per heavy atom. The average Bonchev–Trinajstić information content (AvgIpc) is 3.25. The first kappa shape index (κ1) is 15.3. The molecule has 10 nitrogen and oxygen atoms in total. The van der Waals surface area contributed by atoms with Gasteiger partial charge in [-0.2, -0.15) is 4.98 Å². The van der Waals surface area contributed by atoms with E-state index in [4.69, 9.17) is 4.74 Å². The third-order valence-electron chi connectivity index (χ3n) is 4.36. The summed E-state index contributed by atoms with van der Waals surface area (Å²) in [4.78, 5) is 24.1. The van der Waals surface area contributed by atoms with Crippen molar-refractivity contribution in [2.45, 2.75) is 37.9 Å². The zero-order valence-corrected chi connectivity index (χ0v) is 12.8. The third-order valence-corrected chi connectivity index (χ3v) is 4.36. The molecule has 0 aromatic carbocycles. The monoisotopic (exact) mass is 335 g/mol. The second-order valence-corrected chi connectivity index (χ2v) is 5.80. The summed E-state index contributed by atoms with van der Waals surface area (Å²) in [6.07, 6.45) is -0.680. The molecule has 4 rings (SSSR count). The standard InChI is InChI=1S/C14H17N5O5/c1-2-6-3-18-12(23)8-11(17-14(18)16-6)19(5-15-8)13-10(22)9(21)7(4-20)24-13/h3,5,7,9-10,13,20-22H,2,4H2,1H3,(H,16,17)/t7-,9?,10?,13-/m1/s1. The summed E-state index contributed by atoms with van der Waals surface area (Å²) in [5.74, 6) is 0.359. The van der Waals surface area contributed by atoms with Gasteiger partial charge in [0, 0.05) is 11.9 Å². The molecule has 24 heavy (non-hydrogen) atoms.